The first-order valence-electron chi connectivity index (χ1n) is 10.1. The second kappa shape index (κ2) is 9.22. The second-order valence-corrected chi connectivity index (χ2v) is 8.95. The normalized spacial score (nSPS) is 12.2. The van der Waals surface area contributed by atoms with Crippen molar-refractivity contribution in [3.8, 4) is 5.69 Å². The van der Waals surface area contributed by atoms with E-state index >= 15 is 0 Å². The first-order chi connectivity index (χ1) is 15.4. The predicted molar refractivity (Wildman–Crippen MR) is 124 cm³/mol. The Hall–Kier alpha value is -3.04. The van der Waals surface area contributed by atoms with Gasteiger partial charge < -0.3 is 9.73 Å². The number of thioether (sulfide) groups is 1. The molecule has 32 heavy (non-hydrogen) atoms. The number of hydrogen-bond acceptors (Lipinski definition) is 6. The minimum Gasteiger partial charge on any atom is -0.467 e. The van der Waals surface area contributed by atoms with Gasteiger partial charge in [-0.1, -0.05) is 30.3 Å². The lowest BCUT2D eigenvalue weighted by Gasteiger charge is -2.18. The van der Waals surface area contributed by atoms with Crippen molar-refractivity contribution in [3.05, 3.63) is 64.1 Å². The number of rotatable bonds is 7. The highest BCUT2D eigenvalue weighted by atomic mass is 35.5. The SMILES string of the molecule is CC[C@H](Sc1nc2n[nH]c(C)c2c(=N)n1-c1ccc(Cl)c(C)c1)C(=O)NCc1ccco1. The smallest absolute Gasteiger partial charge is 0.233 e. The molecule has 3 heterocycles. The average Bonchev–Trinajstić information content (AvgIpc) is 3.42. The van der Waals surface area contributed by atoms with Gasteiger partial charge in [0.25, 0.3) is 0 Å². The molecule has 1 aromatic carbocycles. The number of carbonyl (C=O) groups is 1. The van der Waals surface area contributed by atoms with Crippen LogP contribution in [0.1, 0.15) is 30.4 Å². The molecule has 0 radical (unpaired) electrons. The molecule has 4 aromatic rings. The standard InChI is InChI=1S/C22H23ClN6O2S/c1-4-17(21(30)25-11-15-6-5-9-31-15)32-22-26-20-18(13(3)27-28-20)19(24)29(22)14-7-8-16(23)12(2)10-14/h5-10,17,24H,4,11H2,1-3H3,(H,25,30)(H,27,28)/t17-/m0/s1. The molecule has 0 spiro atoms. The van der Waals surface area contributed by atoms with E-state index in [9.17, 15) is 4.79 Å². The van der Waals surface area contributed by atoms with Crippen LogP contribution >= 0.6 is 23.4 Å². The van der Waals surface area contributed by atoms with Gasteiger partial charge in [-0.2, -0.15) is 5.10 Å². The lowest BCUT2D eigenvalue weighted by molar-refractivity contribution is -0.120. The van der Waals surface area contributed by atoms with Crippen LogP contribution in [0.5, 0.6) is 0 Å². The van der Waals surface area contributed by atoms with Crippen molar-refractivity contribution in [1.82, 2.24) is 25.1 Å². The Bertz CT molecular complexity index is 1330. The highest BCUT2D eigenvalue weighted by molar-refractivity contribution is 8.00. The largest absolute Gasteiger partial charge is 0.467 e. The number of benzene rings is 1. The van der Waals surface area contributed by atoms with E-state index in [1.165, 1.54) is 11.8 Å². The Morgan fingerprint density at radius 2 is 2.19 bits per heavy atom. The van der Waals surface area contributed by atoms with Crippen LogP contribution < -0.4 is 10.8 Å². The van der Waals surface area contributed by atoms with Gasteiger partial charge in [-0.3, -0.25) is 19.9 Å². The highest BCUT2D eigenvalue weighted by Crippen LogP contribution is 2.28. The van der Waals surface area contributed by atoms with Gasteiger partial charge in [-0.15, -0.1) is 0 Å². The monoisotopic (exact) mass is 470 g/mol. The Morgan fingerprint density at radius 1 is 1.38 bits per heavy atom. The fourth-order valence-corrected chi connectivity index (χ4v) is 4.54. The Kier molecular flexibility index (Phi) is 6.38. The molecule has 4 rings (SSSR count). The molecule has 0 aliphatic carbocycles. The van der Waals surface area contributed by atoms with Crippen LogP contribution in [-0.4, -0.2) is 30.9 Å². The van der Waals surface area contributed by atoms with Crippen LogP contribution in [0, 0.1) is 19.3 Å². The van der Waals surface area contributed by atoms with Gasteiger partial charge in [-0.25, -0.2) is 4.98 Å². The molecule has 1 amide bonds. The number of nitrogens with one attached hydrogen (secondary N) is 3. The van der Waals surface area contributed by atoms with Gasteiger partial charge in [0.2, 0.25) is 5.91 Å². The second-order valence-electron chi connectivity index (χ2n) is 7.37. The molecular formula is C22H23ClN6O2S. The van der Waals surface area contributed by atoms with E-state index in [1.807, 2.05) is 39.0 Å². The van der Waals surface area contributed by atoms with Crippen LogP contribution in [0.15, 0.2) is 46.2 Å². The van der Waals surface area contributed by atoms with E-state index in [1.54, 1.807) is 23.0 Å². The molecule has 166 valence electrons. The van der Waals surface area contributed by atoms with Crippen molar-refractivity contribution in [3.63, 3.8) is 0 Å². The summed E-state index contributed by atoms with van der Waals surface area (Å²) < 4.78 is 7.03. The molecular weight excluding hydrogens is 448 g/mol. The number of halogens is 1. The van der Waals surface area contributed by atoms with Crippen LogP contribution in [0.4, 0.5) is 0 Å². The molecule has 0 saturated heterocycles. The Labute approximate surface area is 193 Å². The van der Waals surface area contributed by atoms with Crippen LogP contribution in [0.2, 0.25) is 5.02 Å². The van der Waals surface area contributed by atoms with Gasteiger partial charge >= 0.3 is 0 Å². The number of H-pyrrole nitrogens is 1. The summed E-state index contributed by atoms with van der Waals surface area (Å²) in [7, 11) is 0. The number of carbonyl (C=O) groups excluding carboxylic acids is 1. The number of aryl methyl sites for hydroxylation is 2. The van der Waals surface area contributed by atoms with Gasteiger partial charge in [0, 0.05) is 16.4 Å². The summed E-state index contributed by atoms with van der Waals surface area (Å²) in [6.07, 6.45) is 2.16. The summed E-state index contributed by atoms with van der Waals surface area (Å²) in [6.45, 7) is 6.03. The maximum absolute atomic E-state index is 12.9. The number of amides is 1. The summed E-state index contributed by atoms with van der Waals surface area (Å²) in [6, 6.07) is 9.15. The topological polar surface area (TPSA) is 113 Å². The molecule has 0 saturated carbocycles. The average molecular weight is 471 g/mol. The molecule has 1 atom stereocenters. The van der Waals surface area contributed by atoms with Crippen molar-refractivity contribution in [1.29, 1.82) is 5.41 Å². The molecule has 0 fully saturated rings. The van der Waals surface area contributed by atoms with Crippen LogP contribution in [0.3, 0.4) is 0 Å². The number of hydrogen-bond donors (Lipinski definition) is 3. The van der Waals surface area contributed by atoms with E-state index in [0.29, 0.717) is 39.9 Å². The summed E-state index contributed by atoms with van der Waals surface area (Å²) in [5.41, 5.74) is 3.09. The number of fused-ring (bicyclic) bond motifs is 1. The quantitative estimate of drug-likeness (QED) is 0.275. The maximum Gasteiger partial charge on any atom is 0.233 e. The molecule has 10 heteroatoms. The lowest BCUT2D eigenvalue weighted by atomic mass is 10.2. The van der Waals surface area contributed by atoms with Crippen molar-refractivity contribution < 1.29 is 9.21 Å². The van der Waals surface area contributed by atoms with E-state index in [-0.39, 0.29) is 11.4 Å². The molecule has 0 unspecified atom stereocenters. The molecule has 3 aromatic heterocycles. The predicted octanol–water partition coefficient (Wildman–Crippen LogP) is 4.28. The fourth-order valence-electron chi connectivity index (χ4n) is 3.37. The highest BCUT2D eigenvalue weighted by Gasteiger charge is 2.23. The fraction of sp³-hybridized carbons (Fsp3) is 0.273. The summed E-state index contributed by atoms with van der Waals surface area (Å²) >= 11 is 7.53. The van der Waals surface area contributed by atoms with E-state index < -0.39 is 5.25 Å². The van der Waals surface area contributed by atoms with E-state index in [2.05, 4.69) is 15.5 Å². The van der Waals surface area contributed by atoms with Crippen molar-refractivity contribution in [2.45, 2.75) is 44.1 Å². The van der Waals surface area contributed by atoms with Crippen LogP contribution in [0.25, 0.3) is 16.7 Å². The summed E-state index contributed by atoms with van der Waals surface area (Å²) in [5.74, 6) is 0.560. The third-order valence-corrected chi connectivity index (χ3v) is 6.85. The lowest BCUT2D eigenvalue weighted by Crippen LogP contribution is -2.32. The number of furan rings is 1. The van der Waals surface area contributed by atoms with Crippen LogP contribution in [-0.2, 0) is 11.3 Å². The Morgan fingerprint density at radius 3 is 2.88 bits per heavy atom. The minimum atomic E-state index is -0.408. The maximum atomic E-state index is 12.9. The zero-order chi connectivity index (χ0) is 22.8. The van der Waals surface area contributed by atoms with Gasteiger partial charge in [0.15, 0.2) is 10.8 Å². The molecule has 0 aliphatic rings. The summed E-state index contributed by atoms with van der Waals surface area (Å²) in [5, 5.41) is 20.3. The third kappa shape index (κ3) is 4.31. The molecule has 8 nitrogen and oxygen atoms in total. The van der Waals surface area contributed by atoms with E-state index in [4.69, 9.17) is 26.4 Å². The van der Waals surface area contributed by atoms with Crippen molar-refractivity contribution in [2.75, 3.05) is 0 Å². The van der Waals surface area contributed by atoms with Crippen molar-refractivity contribution in [2.24, 2.45) is 0 Å². The molecule has 0 bridgehead atoms. The van der Waals surface area contributed by atoms with E-state index in [0.717, 1.165) is 16.9 Å². The van der Waals surface area contributed by atoms with Gasteiger partial charge in [-0.05, 0) is 56.2 Å². The zero-order valence-electron chi connectivity index (χ0n) is 17.9. The van der Waals surface area contributed by atoms with Gasteiger partial charge in [0.05, 0.1) is 23.4 Å². The zero-order valence-corrected chi connectivity index (χ0v) is 19.5. The van der Waals surface area contributed by atoms with Crippen molar-refractivity contribution >= 4 is 40.3 Å². The number of nitrogens with zero attached hydrogens (tertiary/aromatic N) is 3. The minimum absolute atomic E-state index is 0.126. The summed E-state index contributed by atoms with van der Waals surface area (Å²) in [4.78, 5) is 17.6. The molecule has 3 N–H and O–H groups in total. The first-order valence-corrected chi connectivity index (χ1v) is 11.4. The number of aromatic amines is 1. The number of aromatic nitrogens is 4. The molecule has 0 aliphatic heterocycles. The first kappa shape index (κ1) is 22.2. The third-order valence-electron chi connectivity index (χ3n) is 5.11. The van der Waals surface area contributed by atoms with Gasteiger partial charge in [0.1, 0.15) is 11.2 Å². The Balaban J connectivity index is 1.74.